The minimum absolute atomic E-state index is 0.285. The summed E-state index contributed by atoms with van der Waals surface area (Å²) in [7, 11) is 1.57. The average Bonchev–Trinajstić information content (AvgIpc) is 2.62. The zero-order valence-electron chi connectivity index (χ0n) is 13.6. The van der Waals surface area contributed by atoms with Crippen LogP contribution in [-0.4, -0.2) is 18.8 Å². The predicted molar refractivity (Wildman–Crippen MR) is 85.3 cm³/mol. The van der Waals surface area contributed by atoms with E-state index in [4.69, 9.17) is 9.47 Å². The second-order valence-corrected chi connectivity index (χ2v) is 6.76. The van der Waals surface area contributed by atoms with Crippen molar-refractivity contribution in [2.24, 2.45) is 5.41 Å². The molecule has 0 fully saturated rings. The maximum atomic E-state index is 12.3. The predicted octanol–water partition coefficient (Wildman–Crippen LogP) is 2.37. The number of pyridine rings is 1. The van der Waals surface area contributed by atoms with Crippen molar-refractivity contribution < 1.29 is 19.3 Å². The number of methoxy groups -OCH3 is 1. The van der Waals surface area contributed by atoms with Gasteiger partial charge in [0, 0.05) is 23.1 Å². The van der Waals surface area contributed by atoms with Gasteiger partial charge in [-0.3, -0.25) is 0 Å². The molecule has 0 amide bonds. The molecule has 122 valence electrons. The molecule has 23 heavy (non-hydrogen) atoms. The lowest BCUT2D eigenvalue weighted by Gasteiger charge is -2.31. The minimum Gasteiger partial charge on any atom is -0.618 e. The molecule has 1 atom stereocenters. The lowest BCUT2D eigenvalue weighted by Crippen LogP contribution is -2.44. The van der Waals surface area contributed by atoms with E-state index in [0.29, 0.717) is 34.8 Å². The summed E-state index contributed by atoms with van der Waals surface area (Å²) in [5.74, 6) is 1.18. The van der Waals surface area contributed by atoms with Gasteiger partial charge in [-0.15, -0.1) is 0 Å². The summed E-state index contributed by atoms with van der Waals surface area (Å²) in [6.07, 6.45) is 1.76. The molecule has 1 aromatic carbocycles. The average molecular weight is 315 g/mol. The lowest BCUT2D eigenvalue weighted by molar-refractivity contribution is -0.622. The van der Waals surface area contributed by atoms with E-state index in [1.165, 1.54) is 6.20 Å². The number of hydrogen-bond acceptors (Lipinski definition) is 4. The quantitative estimate of drug-likeness (QED) is 0.682. The molecule has 5 nitrogen and oxygen atoms in total. The molecule has 1 aromatic heterocycles. The first-order chi connectivity index (χ1) is 10.9. The highest BCUT2D eigenvalue weighted by atomic mass is 16.5. The second-order valence-electron chi connectivity index (χ2n) is 6.76. The van der Waals surface area contributed by atoms with Gasteiger partial charge in [-0.05, 0) is 30.7 Å². The van der Waals surface area contributed by atoms with Gasteiger partial charge >= 0.3 is 0 Å². The topological polar surface area (TPSA) is 65.6 Å². The van der Waals surface area contributed by atoms with Gasteiger partial charge in [-0.25, -0.2) is 0 Å². The largest absolute Gasteiger partial charge is 0.618 e. The Morgan fingerprint density at radius 2 is 2.04 bits per heavy atom. The molecule has 1 aliphatic heterocycles. The van der Waals surface area contributed by atoms with Crippen LogP contribution >= 0.6 is 0 Å². The second kappa shape index (κ2) is 5.42. The number of fused-ring (bicyclic) bond motifs is 1. The summed E-state index contributed by atoms with van der Waals surface area (Å²) < 4.78 is 11.9. The van der Waals surface area contributed by atoms with Crippen molar-refractivity contribution in [2.45, 2.75) is 25.9 Å². The smallest absolute Gasteiger partial charge is 0.229 e. The maximum Gasteiger partial charge on any atom is 0.229 e. The molecule has 0 radical (unpaired) electrons. The van der Waals surface area contributed by atoms with Crippen LogP contribution < -0.4 is 14.2 Å². The van der Waals surface area contributed by atoms with Crippen molar-refractivity contribution in [3.05, 3.63) is 59.1 Å². The zero-order valence-corrected chi connectivity index (χ0v) is 13.6. The monoisotopic (exact) mass is 315 g/mol. The van der Waals surface area contributed by atoms with Crippen LogP contribution in [0.3, 0.4) is 0 Å². The van der Waals surface area contributed by atoms with Crippen LogP contribution in [-0.2, 0) is 5.60 Å². The fraction of sp³-hybridized carbons (Fsp3) is 0.389. The third-order valence-electron chi connectivity index (χ3n) is 4.23. The number of hydrogen-bond donors (Lipinski definition) is 1. The van der Waals surface area contributed by atoms with Gasteiger partial charge in [0.05, 0.1) is 13.7 Å². The molecule has 2 aromatic rings. The van der Waals surface area contributed by atoms with Crippen LogP contribution in [0, 0.1) is 10.6 Å². The van der Waals surface area contributed by atoms with E-state index in [9.17, 15) is 10.3 Å². The van der Waals surface area contributed by atoms with Gasteiger partial charge < -0.3 is 19.8 Å². The summed E-state index contributed by atoms with van der Waals surface area (Å²) in [6.45, 7) is 4.48. The van der Waals surface area contributed by atoms with Gasteiger partial charge in [-0.2, -0.15) is 4.73 Å². The van der Waals surface area contributed by atoms with Crippen molar-refractivity contribution in [3.8, 4) is 11.5 Å². The Balaban J connectivity index is 2.26. The number of benzene rings is 1. The van der Waals surface area contributed by atoms with Gasteiger partial charge in [0.2, 0.25) is 5.69 Å². The van der Waals surface area contributed by atoms with Crippen LogP contribution in [0.5, 0.6) is 11.5 Å². The summed E-state index contributed by atoms with van der Waals surface area (Å²) in [4.78, 5) is 0. The first-order valence-electron chi connectivity index (χ1n) is 7.58. The summed E-state index contributed by atoms with van der Waals surface area (Å²) in [6, 6.07) is 10.3. The number of nitrogens with zero attached hydrogens (tertiary/aromatic N) is 1. The van der Waals surface area contributed by atoms with Crippen molar-refractivity contribution in [3.63, 3.8) is 0 Å². The van der Waals surface area contributed by atoms with Crippen molar-refractivity contribution in [1.82, 2.24) is 0 Å². The molecule has 0 saturated carbocycles. The lowest BCUT2D eigenvalue weighted by atomic mass is 9.76. The zero-order chi connectivity index (χ0) is 16.7. The number of aromatic nitrogens is 1. The van der Waals surface area contributed by atoms with Gasteiger partial charge in [0.15, 0.2) is 11.8 Å². The molecule has 1 N–H and O–H groups in total. The molecule has 0 spiro atoms. The SMILES string of the molecule is COc1ccc2c(c1)C(O)(c1cccc[n+]1[O-])CC(C)(C)CO2. The third kappa shape index (κ3) is 2.72. The van der Waals surface area contributed by atoms with Crippen molar-refractivity contribution in [1.29, 1.82) is 0 Å². The standard InChI is InChI=1S/C18H21NO4/c1-17(2)11-18(20,16-6-4-5-9-19(16)21)14-10-13(22-3)7-8-15(14)23-12-17/h4-10,20H,11-12H2,1-3H3. The molecule has 2 heterocycles. The molecule has 3 rings (SSSR count). The molecule has 0 saturated heterocycles. The summed E-state index contributed by atoms with van der Waals surface area (Å²) in [5, 5.41) is 23.9. The fourth-order valence-corrected chi connectivity index (χ4v) is 3.17. The van der Waals surface area contributed by atoms with E-state index < -0.39 is 5.60 Å². The minimum atomic E-state index is -1.45. The molecule has 0 bridgehead atoms. The Hall–Kier alpha value is -2.27. The number of ether oxygens (including phenoxy) is 2. The van der Waals surface area contributed by atoms with E-state index in [0.717, 1.165) is 0 Å². The van der Waals surface area contributed by atoms with Gasteiger partial charge in [0.1, 0.15) is 11.5 Å². The first kappa shape index (κ1) is 15.6. The Labute approximate surface area is 135 Å². The van der Waals surface area contributed by atoms with E-state index in [1.54, 1.807) is 43.5 Å². The first-order valence-corrected chi connectivity index (χ1v) is 7.58. The maximum absolute atomic E-state index is 12.3. The van der Waals surface area contributed by atoms with Crippen LogP contribution in [0.4, 0.5) is 0 Å². The Kier molecular flexibility index (Phi) is 3.68. The summed E-state index contributed by atoms with van der Waals surface area (Å²) >= 11 is 0. The van der Waals surface area contributed by atoms with Gasteiger partial charge in [-0.1, -0.05) is 13.8 Å². The third-order valence-corrected chi connectivity index (χ3v) is 4.23. The highest BCUT2D eigenvalue weighted by molar-refractivity contribution is 5.47. The summed E-state index contributed by atoms with van der Waals surface area (Å²) in [5.41, 5.74) is -0.914. The van der Waals surface area contributed by atoms with E-state index in [2.05, 4.69) is 0 Å². The Morgan fingerprint density at radius 1 is 1.26 bits per heavy atom. The molecule has 1 aliphatic rings. The van der Waals surface area contributed by atoms with E-state index in [1.807, 2.05) is 13.8 Å². The van der Waals surface area contributed by atoms with Crippen LogP contribution in [0.25, 0.3) is 0 Å². The normalized spacial score (nSPS) is 22.6. The highest BCUT2D eigenvalue weighted by Gasteiger charge is 2.47. The molecule has 1 unspecified atom stereocenters. The van der Waals surface area contributed by atoms with Gasteiger partial charge in [0.25, 0.3) is 0 Å². The molecule has 0 aliphatic carbocycles. The Bertz CT molecular complexity index is 729. The van der Waals surface area contributed by atoms with Crippen LogP contribution in [0.1, 0.15) is 31.5 Å². The highest BCUT2D eigenvalue weighted by Crippen LogP contribution is 2.46. The number of rotatable bonds is 2. The van der Waals surface area contributed by atoms with Crippen molar-refractivity contribution in [2.75, 3.05) is 13.7 Å². The van der Waals surface area contributed by atoms with E-state index in [-0.39, 0.29) is 11.1 Å². The van der Waals surface area contributed by atoms with Crippen LogP contribution in [0.15, 0.2) is 42.6 Å². The number of aliphatic hydroxyl groups is 1. The molecular formula is C18H21NO4. The molecular weight excluding hydrogens is 294 g/mol. The Morgan fingerprint density at radius 3 is 2.74 bits per heavy atom. The van der Waals surface area contributed by atoms with Crippen LogP contribution in [0.2, 0.25) is 0 Å². The molecule has 5 heteroatoms. The van der Waals surface area contributed by atoms with E-state index >= 15 is 0 Å². The fourth-order valence-electron chi connectivity index (χ4n) is 3.17. The van der Waals surface area contributed by atoms with Crippen molar-refractivity contribution >= 4 is 0 Å².